The molecule has 0 saturated carbocycles. The van der Waals surface area contributed by atoms with E-state index in [1.807, 2.05) is 65.5 Å². The molecule has 0 amide bonds. The summed E-state index contributed by atoms with van der Waals surface area (Å²) in [6.45, 7) is 4.47. The Kier molecular flexibility index (Phi) is 6.69. The lowest BCUT2D eigenvalue weighted by molar-refractivity contribution is 0.538. The maximum Gasteiger partial charge on any atom is 0.221 e. The second-order valence-corrected chi connectivity index (χ2v) is 12.4. The predicted molar refractivity (Wildman–Crippen MR) is 191 cm³/mol. The molecular formula is C42H32N4O. The minimum atomic E-state index is -0.340. The van der Waals surface area contributed by atoms with Gasteiger partial charge in [0.1, 0.15) is 0 Å². The summed E-state index contributed by atoms with van der Waals surface area (Å²) in [5.74, 6) is -0.130. The molecule has 1 aromatic heterocycles. The zero-order chi connectivity index (χ0) is 32.1. The first kappa shape index (κ1) is 28.4. The number of nitrogens with one attached hydrogen (secondary N) is 2. The van der Waals surface area contributed by atoms with Crippen molar-refractivity contribution in [3.05, 3.63) is 168 Å². The fraction of sp³-hybridized carbons (Fsp3) is 0.0714. The first-order valence-corrected chi connectivity index (χ1v) is 15.7. The second-order valence-electron chi connectivity index (χ2n) is 12.4. The zero-order valence-electron chi connectivity index (χ0n) is 26.2. The van der Waals surface area contributed by atoms with E-state index in [4.69, 9.17) is 15.2 Å². The smallest absolute Gasteiger partial charge is 0.221 e. The highest BCUT2D eigenvalue weighted by atomic mass is 16.5. The van der Waals surface area contributed by atoms with Crippen molar-refractivity contribution < 1.29 is 4.74 Å². The molecule has 5 heteroatoms. The molecule has 0 bridgehead atoms. The first-order chi connectivity index (χ1) is 22.9. The topological polar surface area (TPSA) is 74.8 Å². The third-order valence-electron chi connectivity index (χ3n) is 9.27. The fourth-order valence-corrected chi connectivity index (χ4v) is 7.06. The van der Waals surface area contributed by atoms with Gasteiger partial charge in [-0.3, -0.25) is 10.8 Å². The molecule has 1 aliphatic carbocycles. The molecule has 226 valence electrons. The molecule has 0 unspecified atom stereocenters. The van der Waals surface area contributed by atoms with E-state index in [-0.39, 0.29) is 17.2 Å². The van der Waals surface area contributed by atoms with Crippen molar-refractivity contribution >= 4 is 22.7 Å². The van der Waals surface area contributed by atoms with Crippen LogP contribution in [0.5, 0.6) is 0 Å². The van der Waals surface area contributed by atoms with Gasteiger partial charge >= 0.3 is 0 Å². The summed E-state index contributed by atoms with van der Waals surface area (Å²) in [5.41, 5.74) is 11.6. The Morgan fingerprint density at radius 1 is 0.638 bits per heavy atom. The number of hydrogen-bond acceptors (Lipinski definition) is 4. The Labute approximate surface area is 273 Å². The molecule has 6 aromatic carbocycles. The SMILES string of the molecule is CC1(C)c2ccccc2-c2c(C(=N)OC(=N)c3ccccc3)cc3c(cnn3-c3ccc(-c4ccccc4)c(-c4ccccc4)c3)c21. The van der Waals surface area contributed by atoms with Crippen LogP contribution in [0.4, 0.5) is 0 Å². The lowest BCUT2D eigenvalue weighted by Gasteiger charge is -2.23. The Hall–Kier alpha value is -6.07. The minimum Gasteiger partial charge on any atom is -0.421 e. The maximum absolute atomic E-state index is 9.23. The van der Waals surface area contributed by atoms with Gasteiger partial charge in [-0.05, 0) is 74.8 Å². The van der Waals surface area contributed by atoms with Crippen LogP contribution < -0.4 is 0 Å². The normalized spacial score (nSPS) is 12.8. The standard InChI is InChI=1S/C42H32N4O/c1-42(2)36-21-13-12-20-32(36)38-34(41(44)47-40(43)29-18-10-5-11-19-29)25-37-35(39(38)42)26-45-46(37)30-22-23-31(27-14-6-3-7-15-27)33(24-30)28-16-8-4-9-17-28/h3-26,43-44H,1-2H3. The summed E-state index contributed by atoms with van der Waals surface area (Å²) >= 11 is 0. The van der Waals surface area contributed by atoms with E-state index in [2.05, 4.69) is 98.8 Å². The monoisotopic (exact) mass is 608 g/mol. The summed E-state index contributed by atoms with van der Waals surface area (Å²) in [4.78, 5) is 0. The van der Waals surface area contributed by atoms with Crippen LogP contribution in [0.25, 0.3) is 50.0 Å². The molecule has 0 spiro atoms. The highest BCUT2D eigenvalue weighted by Gasteiger charge is 2.40. The number of ether oxygens (including phenoxy) is 1. The Bertz CT molecular complexity index is 2320. The van der Waals surface area contributed by atoms with Crippen LogP contribution in [0.2, 0.25) is 0 Å². The molecular weight excluding hydrogens is 576 g/mol. The molecule has 0 fully saturated rings. The van der Waals surface area contributed by atoms with Gasteiger partial charge in [0.15, 0.2) is 0 Å². The third-order valence-corrected chi connectivity index (χ3v) is 9.27. The molecule has 0 aliphatic heterocycles. The van der Waals surface area contributed by atoms with E-state index in [0.717, 1.165) is 55.5 Å². The van der Waals surface area contributed by atoms with Crippen LogP contribution in [-0.2, 0) is 10.2 Å². The number of hydrogen-bond donors (Lipinski definition) is 2. The van der Waals surface area contributed by atoms with E-state index >= 15 is 0 Å². The molecule has 8 rings (SSSR count). The first-order valence-electron chi connectivity index (χ1n) is 15.7. The molecule has 2 N–H and O–H groups in total. The van der Waals surface area contributed by atoms with Crippen molar-refractivity contribution in [3.8, 4) is 39.1 Å². The lowest BCUT2D eigenvalue weighted by atomic mass is 9.80. The second kappa shape index (κ2) is 11.1. The minimum absolute atomic E-state index is 0.0625. The predicted octanol–water partition coefficient (Wildman–Crippen LogP) is 10.0. The highest BCUT2D eigenvalue weighted by Crippen LogP contribution is 2.53. The van der Waals surface area contributed by atoms with Crippen LogP contribution in [-0.4, -0.2) is 21.6 Å². The number of nitrogens with zero attached hydrogens (tertiary/aromatic N) is 2. The average Bonchev–Trinajstić information content (AvgIpc) is 3.65. The molecule has 7 aromatic rings. The van der Waals surface area contributed by atoms with Crippen LogP contribution in [0.3, 0.4) is 0 Å². The van der Waals surface area contributed by atoms with Crippen molar-refractivity contribution in [2.24, 2.45) is 0 Å². The Morgan fingerprint density at radius 3 is 1.96 bits per heavy atom. The fourth-order valence-electron chi connectivity index (χ4n) is 7.06. The number of rotatable bonds is 5. The van der Waals surface area contributed by atoms with Gasteiger partial charge < -0.3 is 4.74 Å². The van der Waals surface area contributed by atoms with E-state index in [1.165, 1.54) is 5.56 Å². The zero-order valence-corrected chi connectivity index (χ0v) is 26.2. The summed E-state index contributed by atoms with van der Waals surface area (Å²) in [5, 5.41) is 23.9. The van der Waals surface area contributed by atoms with Crippen molar-refractivity contribution in [2.45, 2.75) is 19.3 Å². The molecule has 0 atom stereocenters. The summed E-state index contributed by atoms with van der Waals surface area (Å²) in [6, 6.07) is 47.0. The molecule has 1 heterocycles. The van der Waals surface area contributed by atoms with Crippen molar-refractivity contribution in [2.75, 3.05) is 0 Å². The molecule has 0 saturated heterocycles. The molecule has 47 heavy (non-hydrogen) atoms. The van der Waals surface area contributed by atoms with Crippen LogP contribution in [0.15, 0.2) is 146 Å². The van der Waals surface area contributed by atoms with Gasteiger partial charge in [0.2, 0.25) is 11.8 Å². The Balaban J connectivity index is 1.34. The van der Waals surface area contributed by atoms with Crippen molar-refractivity contribution in [3.63, 3.8) is 0 Å². The number of fused-ring (bicyclic) bond motifs is 5. The van der Waals surface area contributed by atoms with Crippen LogP contribution >= 0.6 is 0 Å². The number of benzene rings is 6. The summed E-state index contributed by atoms with van der Waals surface area (Å²) < 4.78 is 7.95. The van der Waals surface area contributed by atoms with Crippen LogP contribution in [0.1, 0.15) is 36.1 Å². The van der Waals surface area contributed by atoms with E-state index in [1.54, 1.807) is 0 Å². The quantitative estimate of drug-likeness (QED) is 0.151. The molecule has 1 aliphatic rings. The Morgan fingerprint density at radius 2 is 1.26 bits per heavy atom. The maximum atomic E-state index is 9.23. The summed E-state index contributed by atoms with van der Waals surface area (Å²) in [6.07, 6.45) is 1.95. The van der Waals surface area contributed by atoms with Gasteiger partial charge in [-0.2, -0.15) is 5.10 Å². The van der Waals surface area contributed by atoms with Crippen LogP contribution in [0, 0.1) is 10.8 Å². The average molecular weight is 609 g/mol. The van der Waals surface area contributed by atoms with E-state index in [9.17, 15) is 5.41 Å². The molecule has 0 radical (unpaired) electrons. The highest BCUT2D eigenvalue weighted by molar-refractivity contribution is 6.12. The summed E-state index contributed by atoms with van der Waals surface area (Å²) in [7, 11) is 0. The van der Waals surface area contributed by atoms with E-state index in [0.29, 0.717) is 11.1 Å². The van der Waals surface area contributed by atoms with Gasteiger partial charge in [0.25, 0.3) is 0 Å². The van der Waals surface area contributed by atoms with Gasteiger partial charge in [0.05, 0.1) is 17.4 Å². The van der Waals surface area contributed by atoms with Gasteiger partial charge in [0, 0.05) is 21.9 Å². The van der Waals surface area contributed by atoms with Gasteiger partial charge in [-0.25, -0.2) is 4.68 Å². The van der Waals surface area contributed by atoms with Crippen molar-refractivity contribution in [1.82, 2.24) is 9.78 Å². The van der Waals surface area contributed by atoms with Gasteiger partial charge in [-0.1, -0.05) is 123 Å². The third kappa shape index (κ3) is 4.67. The van der Waals surface area contributed by atoms with Crippen molar-refractivity contribution in [1.29, 1.82) is 10.8 Å². The van der Waals surface area contributed by atoms with Gasteiger partial charge in [-0.15, -0.1) is 0 Å². The lowest BCUT2D eigenvalue weighted by Crippen LogP contribution is -2.17. The van der Waals surface area contributed by atoms with E-state index < -0.39 is 0 Å². The number of aromatic nitrogens is 2. The molecule has 5 nitrogen and oxygen atoms in total. The largest absolute Gasteiger partial charge is 0.421 e.